The van der Waals surface area contributed by atoms with E-state index in [0.717, 1.165) is 11.4 Å². The van der Waals surface area contributed by atoms with Gasteiger partial charge in [0.25, 0.3) is 5.91 Å². The molecule has 0 fully saturated rings. The predicted octanol–water partition coefficient (Wildman–Crippen LogP) is 2.03. The smallest absolute Gasteiger partial charge is 0.271 e. The minimum Gasteiger partial charge on any atom is -0.360 e. The zero-order valence-corrected chi connectivity index (χ0v) is 12.5. The zero-order chi connectivity index (χ0) is 14.5. The summed E-state index contributed by atoms with van der Waals surface area (Å²) in [5, 5.41) is 14.6. The number of anilines is 1. The SMILES string of the molecule is CCc1cnc(C(C)Nc2ccc(C(=O)NC)nn2)s1. The summed E-state index contributed by atoms with van der Waals surface area (Å²) in [6.45, 7) is 4.13. The van der Waals surface area contributed by atoms with Crippen LogP contribution in [0.1, 0.15) is 40.3 Å². The lowest BCUT2D eigenvalue weighted by Crippen LogP contribution is -2.20. The molecule has 2 N–H and O–H groups in total. The molecule has 106 valence electrons. The molecule has 0 radical (unpaired) electrons. The highest BCUT2D eigenvalue weighted by Crippen LogP contribution is 2.22. The van der Waals surface area contributed by atoms with E-state index in [4.69, 9.17) is 0 Å². The molecule has 0 spiro atoms. The fourth-order valence-corrected chi connectivity index (χ4v) is 2.49. The van der Waals surface area contributed by atoms with E-state index in [1.807, 2.05) is 13.1 Å². The van der Waals surface area contributed by atoms with Gasteiger partial charge in [0.15, 0.2) is 5.69 Å². The van der Waals surface area contributed by atoms with Crippen molar-refractivity contribution in [1.29, 1.82) is 0 Å². The van der Waals surface area contributed by atoms with Gasteiger partial charge in [-0.25, -0.2) is 4.98 Å². The van der Waals surface area contributed by atoms with Crippen LogP contribution in [0.4, 0.5) is 5.82 Å². The lowest BCUT2D eigenvalue weighted by atomic mass is 10.3. The van der Waals surface area contributed by atoms with E-state index in [0.29, 0.717) is 11.5 Å². The van der Waals surface area contributed by atoms with Gasteiger partial charge in [-0.1, -0.05) is 6.92 Å². The maximum Gasteiger partial charge on any atom is 0.271 e. The Balaban J connectivity index is 2.04. The molecular formula is C13H17N5OS. The number of thiazole rings is 1. The normalized spacial score (nSPS) is 11.9. The number of hydrogen-bond acceptors (Lipinski definition) is 6. The van der Waals surface area contributed by atoms with Gasteiger partial charge in [0.1, 0.15) is 10.8 Å². The molecule has 0 saturated heterocycles. The van der Waals surface area contributed by atoms with Crippen LogP contribution in [0.25, 0.3) is 0 Å². The van der Waals surface area contributed by atoms with Gasteiger partial charge in [-0.3, -0.25) is 4.79 Å². The number of nitrogens with zero attached hydrogens (tertiary/aromatic N) is 3. The second-order valence-electron chi connectivity index (χ2n) is 4.27. The summed E-state index contributed by atoms with van der Waals surface area (Å²) < 4.78 is 0. The van der Waals surface area contributed by atoms with Crippen LogP contribution in [0.15, 0.2) is 18.3 Å². The third kappa shape index (κ3) is 3.30. The van der Waals surface area contributed by atoms with Crippen molar-refractivity contribution in [3.05, 3.63) is 33.9 Å². The highest BCUT2D eigenvalue weighted by molar-refractivity contribution is 7.11. The standard InChI is InChI=1S/C13H17N5OS/c1-4-9-7-15-13(20-9)8(2)16-11-6-5-10(17-18-11)12(19)14-3/h5-8H,4H2,1-3H3,(H,14,19)(H,16,18). The molecule has 1 amide bonds. The van der Waals surface area contributed by atoms with Crippen LogP contribution in [0.3, 0.4) is 0 Å². The van der Waals surface area contributed by atoms with Crippen molar-refractivity contribution in [2.45, 2.75) is 26.3 Å². The average molecular weight is 291 g/mol. The predicted molar refractivity (Wildman–Crippen MR) is 79.0 cm³/mol. The number of aromatic nitrogens is 3. The molecule has 0 aromatic carbocycles. The Morgan fingerprint density at radius 2 is 2.20 bits per heavy atom. The Hall–Kier alpha value is -2.02. The number of nitrogens with one attached hydrogen (secondary N) is 2. The minimum atomic E-state index is -0.246. The van der Waals surface area contributed by atoms with Crippen molar-refractivity contribution in [3.63, 3.8) is 0 Å². The number of amides is 1. The van der Waals surface area contributed by atoms with Crippen LogP contribution in [-0.2, 0) is 6.42 Å². The Bertz CT molecular complexity index is 581. The molecule has 7 heteroatoms. The molecule has 0 aliphatic carbocycles. The topological polar surface area (TPSA) is 79.8 Å². The number of hydrogen-bond donors (Lipinski definition) is 2. The van der Waals surface area contributed by atoms with Gasteiger partial charge in [0.2, 0.25) is 0 Å². The molecule has 2 heterocycles. The molecule has 1 atom stereocenters. The Morgan fingerprint density at radius 1 is 1.40 bits per heavy atom. The lowest BCUT2D eigenvalue weighted by Gasteiger charge is -2.11. The highest BCUT2D eigenvalue weighted by atomic mass is 32.1. The van der Waals surface area contributed by atoms with E-state index in [2.05, 4.69) is 32.7 Å². The van der Waals surface area contributed by atoms with Gasteiger partial charge in [-0.2, -0.15) is 0 Å². The molecule has 0 bridgehead atoms. The van der Waals surface area contributed by atoms with Crippen LogP contribution in [-0.4, -0.2) is 28.1 Å². The third-order valence-corrected chi connectivity index (χ3v) is 4.10. The summed E-state index contributed by atoms with van der Waals surface area (Å²) in [7, 11) is 1.56. The fraction of sp³-hybridized carbons (Fsp3) is 0.385. The Morgan fingerprint density at radius 3 is 2.75 bits per heavy atom. The van der Waals surface area contributed by atoms with Gasteiger partial charge >= 0.3 is 0 Å². The summed E-state index contributed by atoms with van der Waals surface area (Å²) in [5.41, 5.74) is 0.299. The van der Waals surface area contributed by atoms with Crippen molar-refractivity contribution in [2.75, 3.05) is 12.4 Å². The van der Waals surface area contributed by atoms with Crippen molar-refractivity contribution in [3.8, 4) is 0 Å². The molecule has 0 aliphatic rings. The number of carbonyl (C=O) groups excluding carboxylic acids is 1. The van der Waals surface area contributed by atoms with Crippen LogP contribution in [0.5, 0.6) is 0 Å². The summed E-state index contributed by atoms with van der Waals surface area (Å²) in [4.78, 5) is 17.0. The second kappa shape index (κ2) is 6.42. The molecule has 20 heavy (non-hydrogen) atoms. The van der Waals surface area contributed by atoms with Gasteiger partial charge in [0.05, 0.1) is 6.04 Å². The fourth-order valence-electron chi connectivity index (χ4n) is 1.63. The molecule has 0 aliphatic heterocycles. The number of aryl methyl sites for hydroxylation is 1. The van der Waals surface area contributed by atoms with E-state index < -0.39 is 0 Å². The molecular weight excluding hydrogens is 274 g/mol. The quantitative estimate of drug-likeness (QED) is 0.881. The third-order valence-electron chi connectivity index (χ3n) is 2.78. The monoisotopic (exact) mass is 291 g/mol. The zero-order valence-electron chi connectivity index (χ0n) is 11.7. The van der Waals surface area contributed by atoms with Gasteiger partial charge in [-0.05, 0) is 25.5 Å². The molecule has 2 aromatic rings. The first-order valence-electron chi connectivity index (χ1n) is 6.41. The Kier molecular flexibility index (Phi) is 4.62. The van der Waals surface area contributed by atoms with Crippen molar-refractivity contribution >= 4 is 23.1 Å². The summed E-state index contributed by atoms with van der Waals surface area (Å²) in [6.07, 6.45) is 2.89. The van der Waals surface area contributed by atoms with Crippen LogP contribution < -0.4 is 10.6 Å². The van der Waals surface area contributed by atoms with Crippen LogP contribution in [0.2, 0.25) is 0 Å². The van der Waals surface area contributed by atoms with E-state index in [1.165, 1.54) is 4.88 Å². The minimum absolute atomic E-state index is 0.0560. The molecule has 1 unspecified atom stereocenters. The maximum absolute atomic E-state index is 11.4. The van der Waals surface area contributed by atoms with Crippen molar-refractivity contribution in [2.24, 2.45) is 0 Å². The number of rotatable bonds is 5. The van der Waals surface area contributed by atoms with E-state index >= 15 is 0 Å². The number of carbonyl (C=O) groups is 1. The molecule has 2 rings (SSSR count). The van der Waals surface area contributed by atoms with Gasteiger partial charge in [0, 0.05) is 18.1 Å². The summed E-state index contributed by atoms with van der Waals surface area (Å²) in [6, 6.07) is 3.43. The van der Waals surface area contributed by atoms with E-state index in [1.54, 1.807) is 30.5 Å². The molecule has 6 nitrogen and oxygen atoms in total. The maximum atomic E-state index is 11.4. The van der Waals surface area contributed by atoms with Crippen LogP contribution in [0, 0.1) is 0 Å². The van der Waals surface area contributed by atoms with Crippen molar-refractivity contribution < 1.29 is 4.79 Å². The lowest BCUT2D eigenvalue weighted by molar-refractivity contribution is 0.0957. The first-order chi connectivity index (χ1) is 9.63. The first-order valence-corrected chi connectivity index (χ1v) is 7.22. The van der Waals surface area contributed by atoms with Crippen LogP contribution >= 0.6 is 11.3 Å². The summed E-state index contributed by atoms with van der Waals surface area (Å²) >= 11 is 1.69. The average Bonchev–Trinajstić information content (AvgIpc) is 2.96. The second-order valence-corrected chi connectivity index (χ2v) is 5.41. The first kappa shape index (κ1) is 14.4. The van der Waals surface area contributed by atoms with Gasteiger partial charge < -0.3 is 10.6 Å². The summed E-state index contributed by atoms with van der Waals surface area (Å²) in [5.74, 6) is 0.378. The van der Waals surface area contributed by atoms with E-state index in [9.17, 15) is 4.79 Å². The largest absolute Gasteiger partial charge is 0.360 e. The molecule has 0 saturated carbocycles. The Labute approximate surface area is 121 Å². The van der Waals surface area contributed by atoms with Crippen molar-refractivity contribution in [1.82, 2.24) is 20.5 Å². The molecule has 2 aromatic heterocycles. The van der Waals surface area contributed by atoms with Gasteiger partial charge in [-0.15, -0.1) is 21.5 Å². The van der Waals surface area contributed by atoms with E-state index in [-0.39, 0.29) is 11.9 Å². The highest BCUT2D eigenvalue weighted by Gasteiger charge is 2.11.